The first-order valence-corrected chi connectivity index (χ1v) is 9.55. The summed E-state index contributed by atoms with van der Waals surface area (Å²) in [6.07, 6.45) is 14.0. The zero-order valence-corrected chi connectivity index (χ0v) is 14.7. The van der Waals surface area contributed by atoms with Gasteiger partial charge in [-0.3, -0.25) is 4.90 Å². The van der Waals surface area contributed by atoms with E-state index in [1.165, 1.54) is 38.8 Å². The van der Waals surface area contributed by atoms with Gasteiger partial charge in [0.25, 0.3) is 0 Å². The second kappa shape index (κ2) is 9.06. The van der Waals surface area contributed by atoms with Crippen molar-refractivity contribution < 1.29 is 4.79 Å². The van der Waals surface area contributed by atoms with E-state index in [4.69, 9.17) is 0 Å². The zero-order chi connectivity index (χ0) is 16.6. The maximum atomic E-state index is 12.5. The average Bonchev–Trinajstić information content (AvgIpc) is 3.25. The molecule has 0 radical (unpaired) electrons. The Balaban J connectivity index is 1.36. The number of aromatic nitrogens is 2. The average molecular weight is 333 g/mol. The molecule has 2 aliphatic heterocycles. The highest BCUT2D eigenvalue weighted by Gasteiger charge is 2.27. The largest absolute Gasteiger partial charge is 0.338 e. The molecular formula is C18H31N5O. The number of hydrogen-bond acceptors (Lipinski definition) is 3. The van der Waals surface area contributed by atoms with E-state index >= 15 is 0 Å². The van der Waals surface area contributed by atoms with Crippen molar-refractivity contribution in [3.63, 3.8) is 0 Å². The number of carbonyl (C=O) groups excluding carboxylic acids is 1. The van der Waals surface area contributed by atoms with Gasteiger partial charge < -0.3 is 14.8 Å². The van der Waals surface area contributed by atoms with Crippen LogP contribution in [-0.4, -0.2) is 64.1 Å². The van der Waals surface area contributed by atoms with Gasteiger partial charge in [-0.15, -0.1) is 0 Å². The van der Waals surface area contributed by atoms with Crippen LogP contribution < -0.4 is 5.32 Å². The minimum Gasteiger partial charge on any atom is -0.338 e. The predicted octanol–water partition coefficient (Wildman–Crippen LogP) is 2.32. The number of amides is 2. The van der Waals surface area contributed by atoms with Crippen molar-refractivity contribution in [3.05, 3.63) is 18.7 Å². The van der Waals surface area contributed by atoms with Gasteiger partial charge in [0.05, 0.1) is 6.33 Å². The number of rotatable bonds is 6. The van der Waals surface area contributed by atoms with Crippen LogP contribution in [0, 0.1) is 0 Å². The number of nitrogens with zero attached hydrogens (tertiary/aromatic N) is 4. The second-order valence-electron chi connectivity index (χ2n) is 7.08. The molecule has 1 unspecified atom stereocenters. The maximum absolute atomic E-state index is 12.5. The third kappa shape index (κ3) is 4.97. The van der Waals surface area contributed by atoms with Gasteiger partial charge in [0.2, 0.25) is 0 Å². The molecule has 1 aromatic heterocycles. The second-order valence-corrected chi connectivity index (χ2v) is 7.08. The van der Waals surface area contributed by atoms with Crippen LogP contribution in [0.4, 0.5) is 4.79 Å². The summed E-state index contributed by atoms with van der Waals surface area (Å²) in [5, 5.41) is 3.11. The van der Waals surface area contributed by atoms with Crippen LogP contribution in [0.15, 0.2) is 18.7 Å². The van der Waals surface area contributed by atoms with Crippen LogP contribution in [0.2, 0.25) is 0 Å². The van der Waals surface area contributed by atoms with Crippen molar-refractivity contribution in [3.8, 4) is 0 Å². The van der Waals surface area contributed by atoms with E-state index in [1.54, 1.807) is 6.20 Å². The van der Waals surface area contributed by atoms with Crippen LogP contribution in [0.25, 0.3) is 0 Å². The number of carbonyl (C=O) groups is 1. The first-order valence-electron chi connectivity index (χ1n) is 9.55. The van der Waals surface area contributed by atoms with Crippen molar-refractivity contribution in [2.75, 3.05) is 32.7 Å². The Kier molecular flexibility index (Phi) is 6.52. The molecule has 2 fully saturated rings. The lowest BCUT2D eigenvalue weighted by molar-refractivity contribution is 0.166. The molecule has 2 saturated heterocycles. The summed E-state index contributed by atoms with van der Waals surface area (Å²) in [5.74, 6) is 0. The molecule has 24 heavy (non-hydrogen) atoms. The van der Waals surface area contributed by atoms with Gasteiger partial charge in [0.15, 0.2) is 0 Å². The van der Waals surface area contributed by atoms with Crippen molar-refractivity contribution in [2.24, 2.45) is 0 Å². The van der Waals surface area contributed by atoms with E-state index in [0.717, 1.165) is 45.4 Å². The molecule has 3 heterocycles. The number of urea groups is 1. The van der Waals surface area contributed by atoms with E-state index in [9.17, 15) is 4.79 Å². The summed E-state index contributed by atoms with van der Waals surface area (Å²) in [5.41, 5.74) is 0. The first kappa shape index (κ1) is 17.3. The Morgan fingerprint density at radius 2 is 1.96 bits per heavy atom. The van der Waals surface area contributed by atoms with Gasteiger partial charge in [-0.25, -0.2) is 9.78 Å². The van der Waals surface area contributed by atoms with E-state index in [-0.39, 0.29) is 6.03 Å². The number of nitrogens with one attached hydrogen (secondary N) is 1. The molecule has 0 aromatic carbocycles. The molecular weight excluding hydrogens is 302 g/mol. The first-order chi connectivity index (χ1) is 11.8. The van der Waals surface area contributed by atoms with Crippen LogP contribution in [0.3, 0.4) is 0 Å². The molecule has 3 rings (SSSR count). The van der Waals surface area contributed by atoms with Crippen molar-refractivity contribution in [1.82, 2.24) is 24.7 Å². The van der Waals surface area contributed by atoms with Crippen LogP contribution >= 0.6 is 0 Å². The fourth-order valence-corrected chi connectivity index (χ4v) is 3.85. The highest BCUT2D eigenvalue weighted by atomic mass is 16.2. The summed E-state index contributed by atoms with van der Waals surface area (Å²) in [6, 6.07) is 0.700. The van der Waals surface area contributed by atoms with Gasteiger partial charge in [-0.1, -0.05) is 6.42 Å². The Morgan fingerprint density at radius 3 is 2.75 bits per heavy atom. The standard InChI is InChI=1S/C18H31N5O/c24-18(20-8-2-4-10-21-14-9-19-16-21)23-13-3-1-7-17(15-23)22-11-5-6-12-22/h9,14,16-17H,1-8,10-13,15H2,(H,20,24). The lowest BCUT2D eigenvalue weighted by Gasteiger charge is -2.30. The summed E-state index contributed by atoms with van der Waals surface area (Å²) in [7, 11) is 0. The van der Waals surface area contributed by atoms with Gasteiger partial charge in [-0.05, 0) is 51.6 Å². The molecule has 6 nitrogen and oxygen atoms in total. The zero-order valence-electron chi connectivity index (χ0n) is 14.7. The minimum atomic E-state index is 0.128. The molecule has 0 bridgehead atoms. The maximum Gasteiger partial charge on any atom is 0.317 e. The molecule has 0 aliphatic carbocycles. The Labute approximate surface area is 145 Å². The number of imidazole rings is 1. The number of likely N-dealkylation sites (tertiary alicyclic amines) is 2. The molecule has 134 valence electrons. The number of hydrogen-bond donors (Lipinski definition) is 1. The predicted molar refractivity (Wildman–Crippen MR) is 94.9 cm³/mol. The molecule has 1 N–H and O–H groups in total. The van der Waals surface area contributed by atoms with Crippen LogP contribution in [-0.2, 0) is 6.54 Å². The molecule has 0 saturated carbocycles. The smallest absolute Gasteiger partial charge is 0.317 e. The Morgan fingerprint density at radius 1 is 1.12 bits per heavy atom. The topological polar surface area (TPSA) is 53.4 Å². The SMILES string of the molecule is O=C(NCCCCn1ccnc1)N1CCCCC(N2CCCC2)C1. The van der Waals surface area contributed by atoms with Crippen molar-refractivity contribution in [1.29, 1.82) is 0 Å². The fraction of sp³-hybridized carbons (Fsp3) is 0.778. The summed E-state index contributed by atoms with van der Waals surface area (Å²) >= 11 is 0. The normalized spacial score (nSPS) is 22.5. The van der Waals surface area contributed by atoms with Gasteiger partial charge in [0, 0.05) is 44.6 Å². The number of unbranched alkanes of at least 4 members (excludes halogenated alkanes) is 1. The lowest BCUT2D eigenvalue weighted by atomic mass is 10.1. The minimum absolute atomic E-state index is 0.128. The third-order valence-corrected chi connectivity index (χ3v) is 5.27. The number of aryl methyl sites for hydroxylation is 1. The van der Waals surface area contributed by atoms with E-state index in [0.29, 0.717) is 6.04 Å². The highest BCUT2D eigenvalue weighted by molar-refractivity contribution is 5.74. The fourth-order valence-electron chi connectivity index (χ4n) is 3.85. The van der Waals surface area contributed by atoms with Crippen molar-refractivity contribution in [2.45, 2.75) is 57.5 Å². The summed E-state index contributed by atoms with van der Waals surface area (Å²) in [4.78, 5) is 21.2. The monoisotopic (exact) mass is 333 g/mol. The van der Waals surface area contributed by atoms with Crippen LogP contribution in [0.1, 0.15) is 44.9 Å². The van der Waals surface area contributed by atoms with E-state index in [2.05, 4.69) is 19.8 Å². The molecule has 2 amide bonds. The van der Waals surface area contributed by atoms with E-state index < -0.39 is 0 Å². The molecule has 6 heteroatoms. The van der Waals surface area contributed by atoms with E-state index in [1.807, 2.05) is 17.4 Å². The van der Waals surface area contributed by atoms with Gasteiger partial charge >= 0.3 is 6.03 Å². The Hall–Kier alpha value is -1.56. The molecule has 0 spiro atoms. The Bertz CT molecular complexity index is 484. The summed E-state index contributed by atoms with van der Waals surface area (Å²) in [6.45, 7) is 5.98. The summed E-state index contributed by atoms with van der Waals surface area (Å²) < 4.78 is 2.08. The van der Waals surface area contributed by atoms with Gasteiger partial charge in [0.1, 0.15) is 0 Å². The van der Waals surface area contributed by atoms with Gasteiger partial charge in [-0.2, -0.15) is 0 Å². The highest BCUT2D eigenvalue weighted by Crippen LogP contribution is 2.20. The quantitative estimate of drug-likeness (QED) is 0.813. The molecule has 1 aromatic rings. The lowest BCUT2D eigenvalue weighted by Crippen LogP contribution is -2.47. The molecule has 1 atom stereocenters. The van der Waals surface area contributed by atoms with Crippen molar-refractivity contribution >= 4 is 6.03 Å². The molecule has 2 aliphatic rings. The third-order valence-electron chi connectivity index (χ3n) is 5.27. The van der Waals surface area contributed by atoms with Crippen LogP contribution in [0.5, 0.6) is 0 Å².